The van der Waals surface area contributed by atoms with Gasteiger partial charge in [0.25, 0.3) is 0 Å². The molecule has 2 heteroatoms. The first kappa shape index (κ1) is 41.0. The maximum Gasteiger partial charge on any atom is 0.126 e. The topological polar surface area (TPSA) is 12.5 Å². The predicted octanol–water partition coefficient (Wildman–Crippen LogP) is 15.4. The molecule has 0 bridgehead atoms. The lowest BCUT2D eigenvalue weighted by Crippen LogP contribution is -2.20. The van der Waals surface area contributed by atoms with Gasteiger partial charge in [0.1, 0.15) is 5.75 Å². The predicted molar refractivity (Wildman–Crippen MR) is 258 cm³/mol. The average Bonchev–Trinajstić information content (AvgIpc) is 3.53. The Labute approximate surface area is 357 Å². The largest absolute Gasteiger partial charge is 0.496 e. The van der Waals surface area contributed by atoms with Crippen molar-refractivity contribution in [2.75, 3.05) is 12.0 Å². The molecule has 1 aliphatic rings. The number of ether oxygens (including phenoxy) is 1. The summed E-state index contributed by atoms with van der Waals surface area (Å²) in [6.07, 6.45) is 27.2. The number of hydrogen-bond donors (Lipinski definition) is 0. The van der Waals surface area contributed by atoms with Crippen LogP contribution in [0.5, 0.6) is 5.75 Å². The fourth-order valence-electron chi connectivity index (χ4n) is 7.64. The van der Waals surface area contributed by atoms with Crippen molar-refractivity contribution in [2.24, 2.45) is 0 Å². The number of rotatable bonds is 15. The normalized spacial score (nSPS) is 13.6. The molecule has 1 aliphatic carbocycles. The van der Waals surface area contributed by atoms with Crippen LogP contribution in [0.3, 0.4) is 0 Å². The van der Waals surface area contributed by atoms with E-state index in [0.29, 0.717) is 0 Å². The lowest BCUT2D eigenvalue weighted by atomic mass is 9.94. The van der Waals surface area contributed by atoms with E-state index in [1.54, 1.807) is 7.11 Å². The molecule has 0 saturated heterocycles. The van der Waals surface area contributed by atoms with Crippen LogP contribution in [0.25, 0.3) is 33.4 Å². The van der Waals surface area contributed by atoms with Crippen molar-refractivity contribution in [1.82, 2.24) is 0 Å². The molecule has 0 radical (unpaired) electrons. The van der Waals surface area contributed by atoms with Crippen LogP contribution < -0.4 is 9.64 Å². The molecule has 2 nitrogen and oxygen atoms in total. The molecule has 60 heavy (non-hydrogen) atoms. The van der Waals surface area contributed by atoms with E-state index in [4.69, 9.17) is 4.74 Å². The minimum absolute atomic E-state index is 0.765. The standard InChI is InChI=1S/C58H53NO/c1-4-21-53(32-19-23-45-37-38-51(47-26-11-7-12-27-47)44-52(43-45)48-28-13-8-14-29-48)59(55-41-39-49(40-42-55)46-24-9-6-10-25-46)54(22-5-2)33-20-31-50-30-15-16-34-56(50)57-35-17-18-36-58(57)60-3/h4,6-30,32-43H,5,31,44H2,1-3H3/b21-4-,23-19+,33-20-,53-32+,54-22+. The van der Waals surface area contributed by atoms with Gasteiger partial charge in [-0.05, 0) is 113 Å². The highest BCUT2D eigenvalue weighted by Gasteiger charge is 2.15. The average molecular weight is 780 g/mol. The zero-order chi connectivity index (χ0) is 41.4. The molecule has 0 saturated carbocycles. The maximum absolute atomic E-state index is 5.76. The molecule has 7 rings (SSSR count). The molecule has 6 aromatic rings. The van der Waals surface area contributed by atoms with Gasteiger partial charge in [0.05, 0.1) is 7.11 Å². The Bertz CT molecular complexity index is 2580. The highest BCUT2D eigenvalue weighted by Crippen LogP contribution is 2.35. The summed E-state index contributed by atoms with van der Waals surface area (Å²) in [5.41, 5.74) is 15.4. The van der Waals surface area contributed by atoms with E-state index in [9.17, 15) is 0 Å². The van der Waals surface area contributed by atoms with Gasteiger partial charge >= 0.3 is 0 Å². The molecular weight excluding hydrogens is 727 g/mol. The minimum Gasteiger partial charge on any atom is -0.496 e. The Kier molecular flexibility index (Phi) is 14.4. The van der Waals surface area contributed by atoms with E-state index in [1.807, 2.05) is 12.1 Å². The Balaban J connectivity index is 1.26. The quantitative estimate of drug-likeness (QED) is 0.0963. The summed E-state index contributed by atoms with van der Waals surface area (Å²) in [4.78, 5) is 2.37. The number of anilines is 1. The van der Waals surface area contributed by atoms with E-state index in [2.05, 4.69) is 237 Å². The zero-order valence-corrected chi connectivity index (χ0v) is 34.9. The summed E-state index contributed by atoms with van der Waals surface area (Å²) in [5.74, 6) is 0.874. The SMILES string of the molecule is C\C=C/C(=C\C=C\C1=CC=C(c2ccccc2)CC(c2ccccc2)=C1)N(C(/C=C\Cc1ccccc1-c1ccccc1OC)=C/CC)c1ccc(-c2ccccc2)cc1. The van der Waals surface area contributed by atoms with Crippen LogP contribution in [-0.4, -0.2) is 7.11 Å². The molecule has 6 aromatic carbocycles. The first-order valence-electron chi connectivity index (χ1n) is 20.9. The highest BCUT2D eigenvalue weighted by atomic mass is 16.5. The molecule has 0 amide bonds. The van der Waals surface area contributed by atoms with Gasteiger partial charge in [0.15, 0.2) is 0 Å². The first-order valence-corrected chi connectivity index (χ1v) is 20.9. The molecule has 0 aliphatic heterocycles. The van der Waals surface area contributed by atoms with Gasteiger partial charge in [-0.3, -0.25) is 0 Å². The summed E-state index contributed by atoms with van der Waals surface area (Å²) in [6, 6.07) is 57.8. The van der Waals surface area contributed by atoms with Crippen molar-refractivity contribution in [1.29, 1.82) is 0 Å². The first-order chi connectivity index (χ1) is 29.6. The van der Waals surface area contributed by atoms with Crippen molar-refractivity contribution in [3.8, 4) is 28.0 Å². The van der Waals surface area contributed by atoms with Crippen LogP contribution in [0.4, 0.5) is 5.69 Å². The molecule has 0 fully saturated rings. The molecule has 0 atom stereocenters. The summed E-state index contributed by atoms with van der Waals surface area (Å²) in [6.45, 7) is 4.29. The minimum atomic E-state index is 0.765. The van der Waals surface area contributed by atoms with Crippen molar-refractivity contribution in [3.63, 3.8) is 0 Å². The summed E-state index contributed by atoms with van der Waals surface area (Å²) >= 11 is 0. The third kappa shape index (κ3) is 10.5. The van der Waals surface area contributed by atoms with Gasteiger partial charge < -0.3 is 9.64 Å². The lowest BCUT2D eigenvalue weighted by molar-refractivity contribution is 0.416. The van der Waals surface area contributed by atoms with Gasteiger partial charge in [0.2, 0.25) is 0 Å². The maximum atomic E-state index is 5.76. The summed E-state index contributed by atoms with van der Waals surface area (Å²) in [7, 11) is 1.74. The van der Waals surface area contributed by atoms with Gasteiger partial charge in [-0.2, -0.15) is 0 Å². The monoisotopic (exact) mass is 779 g/mol. The van der Waals surface area contributed by atoms with E-state index < -0.39 is 0 Å². The summed E-state index contributed by atoms with van der Waals surface area (Å²) < 4.78 is 5.76. The number of allylic oxidation sites excluding steroid dienone is 14. The summed E-state index contributed by atoms with van der Waals surface area (Å²) in [5, 5.41) is 0. The molecule has 0 spiro atoms. The van der Waals surface area contributed by atoms with Gasteiger partial charge in [0, 0.05) is 22.6 Å². The van der Waals surface area contributed by atoms with Crippen LogP contribution in [0.2, 0.25) is 0 Å². The van der Waals surface area contributed by atoms with Gasteiger partial charge in [-0.1, -0.05) is 201 Å². The molecule has 0 N–H and O–H groups in total. The zero-order valence-electron chi connectivity index (χ0n) is 34.9. The van der Waals surface area contributed by atoms with Crippen LogP contribution in [0.15, 0.2) is 248 Å². The second-order valence-corrected chi connectivity index (χ2v) is 14.6. The number of para-hydroxylation sites is 1. The fraction of sp³-hybridized carbons (Fsp3) is 0.103. The lowest BCUT2D eigenvalue weighted by Gasteiger charge is -2.28. The van der Waals surface area contributed by atoms with Crippen LogP contribution >= 0.6 is 0 Å². The number of nitrogens with zero attached hydrogens (tertiary/aromatic N) is 1. The molecule has 0 unspecified atom stereocenters. The third-order valence-electron chi connectivity index (χ3n) is 10.6. The van der Waals surface area contributed by atoms with E-state index in [1.165, 1.54) is 44.5 Å². The molecular formula is C58H53NO. The van der Waals surface area contributed by atoms with E-state index >= 15 is 0 Å². The number of methoxy groups -OCH3 is 1. The van der Waals surface area contributed by atoms with E-state index in [-0.39, 0.29) is 0 Å². The van der Waals surface area contributed by atoms with Crippen molar-refractivity contribution in [3.05, 3.63) is 264 Å². The number of hydrogen-bond acceptors (Lipinski definition) is 2. The highest BCUT2D eigenvalue weighted by molar-refractivity contribution is 5.84. The van der Waals surface area contributed by atoms with Crippen molar-refractivity contribution >= 4 is 16.8 Å². The van der Waals surface area contributed by atoms with E-state index in [0.717, 1.165) is 53.2 Å². The smallest absolute Gasteiger partial charge is 0.126 e. The second-order valence-electron chi connectivity index (χ2n) is 14.6. The Morgan fingerprint density at radius 1 is 0.600 bits per heavy atom. The second kappa shape index (κ2) is 21.0. The van der Waals surface area contributed by atoms with Gasteiger partial charge in [-0.15, -0.1) is 0 Å². The van der Waals surface area contributed by atoms with Crippen LogP contribution in [0, 0.1) is 0 Å². The van der Waals surface area contributed by atoms with Crippen LogP contribution in [0.1, 0.15) is 43.4 Å². The molecule has 0 aromatic heterocycles. The molecule has 296 valence electrons. The third-order valence-corrected chi connectivity index (χ3v) is 10.6. The van der Waals surface area contributed by atoms with Gasteiger partial charge in [-0.25, -0.2) is 0 Å². The number of benzene rings is 6. The van der Waals surface area contributed by atoms with Crippen molar-refractivity contribution < 1.29 is 4.74 Å². The fourth-order valence-corrected chi connectivity index (χ4v) is 7.64. The van der Waals surface area contributed by atoms with Crippen LogP contribution in [-0.2, 0) is 6.42 Å². The Hall–Kier alpha value is -7.16. The van der Waals surface area contributed by atoms with Crippen molar-refractivity contribution in [2.45, 2.75) is 33.1 Å². The molecule has 0 heterocycles. The Morgan fingerprint density at radius 3 is 1.87 bits per heavy atom. The Morgan fingerprint density at radius 2 is 1.20 bits per heavy atom.